The summed E-state index contributed by atoms with van der Waals surface area (Å²) in [6, 6.07) is 0.0544. The van der Waals surface area contributed by atoms with Crippen LogP contribution in [0.2, 0.25) is 0 Å². The fourth-order valence-electron chi connectivity index (χ4n) is 1.11. The number of hydrogen-bond donors (Lipinski definition) is 2. The molecule has 0 aromatic rings. The zero-order valence-electron chi connectivity index (χ0n) is 6.76. The van der Waals surface area contributed by atoms with Gasteiger partial charge in [-0.25, -0.2) is 0 Å². The van der Waals surface area contributed by atoms with Crippen molar-refractivity contribution in [2.45, 2.75) is 24.6 Å². The van der Waals surface area contributed by atoms with Crippen molar-refractivity contribution >= 4 is 17.7 Å². The maximum atomic E-state index is 10.8. The summed E-state index contributed by atoms with van der Waals surface area (Å²) in [5.74, 6) is 0.162. The minimum atomic E-state index is -0.720. The normalized spacial score (nSPS) is 38.5. The Morgan fingerprint density at radius 1 is 1.82 bits per heavy atom. The lowest BCUT2D eigenvalue weighted by atomic mass is 10.0. The molecule has 1 aliphatic rings. The molecular formula is C7H13NO2S. The first kappa shape index (κ1) is 8.87. The van der Waals surface area contributed by atoms with E-state index in [9.17, 15) is 4.79 Å². The molecule has 1 fully saturated rings. The summed E-state index contributed by atoms with van der Waals surface area (Å²) in [7, 11) is 0. The third-order valence-electron chi connectivity index (χ3n) is 2.21. The van der Waals surface area contributed by atoms with Crippen molar-refractivity contribution in [3.63, 3.8) is 0 Å². The number of rotatable bonds is 1. The van der Waals surface area contributed by atoms with Gasteiger partial charge >= 0.3 is 5.97 Å². The number of carboxylic acids is 1. The van der Waals surface area contributed by atoms with Crippen LogP contribution in [0.3, 0.4) is 0 Å². The molecule has 0 saturated carbocycles. The van der Waals surface area contributed by atoms with Crippen molar-refractivity contribution in [3.05, 3.63) is 0 Å². The zero-order valence-corrected chi connectivity index (χ0v) is 7.57. The molecule has 4 heteroatoms. The van der Waals surface area contributed by atoms with E-state index in [4.69, 9.17) is 5.11 Å². The van der Waals surface area contributed by atoms with Crippen molar-refractivity contribution in [2.75, 3.05) is 12.3 Å². The maximum Gasteiger partial charge on any atom is 0.321 e. The summed E-state index contributed by atoms with van der Waals surface area (Å²) >= 11 is 1.52. The van der Waals surface area contributed by atoms with Gasteiger partial charge in [0, 0.05) is 18.3 Å². The molecule has 64 valence electrons. The minimum absolute atomic E-state index is 0.0544. The predicted octanol–water partition coefficient (Wildman–Crippen LogP) is 0.555. The van der Waals surface area contributed by atoms with Crippen molar-refractivity contribution in [2.24, 2.45) is 0 Å². The molecule has 2 atom stereocenters. The van der Waals surface area contributed by atoms with Crippen LogP contribution in [-0.4, -0.2) is 34.2 Å². The molecule has 0 aromatic carbocycles. The van der Waals surface area contributed by atoms with Crippen molar-refractivity contribution in [1.29, 1.82) is 0 Å². The fraction of sp³-hybridized carbons (Fsp3) is 0.857. The van der Waals surface area contributed by atoms with Gasteiger partial charge in [0.25, 0.3) is 0 Å². The molecule has 2 unspecified atom stereocenters. The van der Waals surface area contributed by atoms with Gasteiger partial charge in [-0.05, 0) is 13.8 Å². The summed E-state index contributed by atoms with van der Waals surface area (Å²) in [5, 5.41) is 12.1. The standard InChI is InChI=1S/C7H13NO2S/c1-5-7(2,6(9)10)11-4-3-8-5/h5,8H,3-4H2,1-2H3,(H,9,10). The fourth-order valence-corrected chi connectivity index (χ4v) is 2.21. The van der Waals surface area contributed by atoms with Crippen LogP contribution in [0, 0.1) is 0 Å². The molecular weight excluding hydrogens is 162 g/mol. The second-order valence-electron chi connectivity index (χ2n) is 2.94. The summed E-state index contributed by atoms with van der Waals surface area (Å²) in [5.41, 5.74) is 0. The Balaban J connectivity index is 2.72. The van der Waals surface area contributed by atoms with E-state index >= 15 is 0 Å². The van der Waals surface area contributed by atoms with Gasteiger partial charge in [0.1, 0.15) is 4.75 Å². The Morgan fingerprint density at radius 2 is 2.45 bits per heavy atom. The van der Waals surface area contributed by atoms with Crippen molar-refractivity contribution < 1.29 is 9.90 Å². The first-order valence-electron chi connectivity index (χ1n) is 3.68. The Labute approximate surface area is 70.6 Å². The van der Waals surface area contributed by atoms with Crippen molar-refractivity contribution in [3.8, 4) is 0 Å². The molecule has 0 spiro atoms. The molecule has 0 aliphatic carbocycles. The molecule has 0 radical (unpaired) electrons. The molecule has 3 nitrogen and oxygen atoms in total. The van der Waals surface area contributed by atoms with Gasteiger partial charge in [-0.15, -0.1) is 11.8 Å². The largest absolute Gasteiger partial charge is 0.480 e. The van der Waals surface area contributed by atoms with Gasteiger partial charge in [-0.3, -0.25) is 4.79 Å². The topological polar surface area (TPSA) is 49.3 Å². The second-order valence-corrected chi connectivity index (χ2v) is 4.48. The van der Waals surface area contributed by atoms with Crippen molar-refractivity contribution in [1.82, 2.24) is 5.32 Å². The van der Waals surface area contributed by atoms with Crippen LogP contribution in [-0.2, 0) is 4.79 Å². The van der Waals surface area contributed by atoms with Crippen LogP contribution in [0.15, 0.2) is 0 Å². The smallest absolute Gasteiger partial charge is 0.321 e. The Bertz CT molecular complexity index is 174. The first-order chi connectivity index (χ1) is 5.07. The molecule has 0 amide bonds. The van der Waals surface area contributed by atoms with Gasteiger partial charge in [0.2, 0.25) is 0 Å². The number of carboxylic acid groups (broad SMARTS) is 1. The summed E-state index contributed by atoms with van der Waals surface area (Å²) in [4.78, 5) is 10.8. The summed E-state index contributed by atoms with van der Waals surface area (Å²) in [6.07, 6.45) is 0. The molecule has 1 saturated heterocycles. The van der Waals surface area contributed by atoms with Crippen LogP contribution in [0.25, 0.3) is 0 Å². The van der Waals surface area contributed by atoms with E-state index in [1.54, 1.807) is 6.92 Å². The van der Waals surface area contributed by atoms with E-state index in [1.807, 2.05) is 6.92 Å². The lowest BCUT2D eigenvalue weighted by Gasteiger charge is -2.35. The van der Waals surface area contributed by atoms with Crippen LogP contribution in [0.4, 0.5) is 0 Å². The number of thioether (sulfide) groups is 1. The Kier molecular flexibility index (Phi) is 2.44. The lowest BCUT2D eigenvalue weighted by Crippen LogP contribution is -2.54. The Hall–Kier alpha value is -0.220. The molecule has 0 bridgehead atoms. The van der Waals surface area contributed by atoms with Crippen LogP contribution in [0.5, 0.6) is 0 Å². The monoisotopic (exact) mass is 175 g/mol. The molecule has 1 rings (SSSR count). The molecule has 2 N–H and O–H groups in total. The van der Waals surface area contributed by atoms with Crippen LogP contribution < -0.4 is 5.32 Å². The number of aliphatic carboxylic acids is 1. The molecule has 1 heterocycles. The number of carbonyl (C=O) groups is 1. The lowest BCUT2D eigenvalue weighted by molar-refractivity contribution is -0.140. The average molecular weight is 175 g/mol. The van der Waals surface area contributed by atoms with Crippen LogP contribution in [0.1, 0.15) is 13.8 Å². The Morgan fingerprint density at radius 3 is 2.82 bits per heavy atom. The third-order valence-corrected chi connectivity index (χ3v) is 3.74. The van der Waals surface area contributed by atoms with E-state index in [0.29, 0.717) is 0 Å². The quantitative estimate of drug-likeness (QED) is 0.611. The van der Waals surface area contributed by atoms with E-state index in [-0.39, 0.29) is 6.04 Å². The van der Waals surface area contributed by atoms with Crippen LogP contribution >= 0.6 is 11.8 Å². The second kappa shape index (κ2) is 3.03. The van der Waals surface area contributed by atoms with E-state index in [1.165, 1.54) is 11.8 Å². The maximum absolute atomic E-state index is 10.8. The van der Waals surface area contributed by atoms with Gasteiger partial charge in [-0.1, -0.05) is 0 Å². The highest BCUT2D eigenvalue weighted by atomic mass is 32.2. The highest BCUT2D eigenvalue weighted by Gasteiger charge is 2.41. The molecule has 0 aromatic heterocycles. The van der Waals surface area contributed by atoms with Gasteiger partial charge in [0.05, 0.1) is 0 Å². The average Bonchev–Trinajstić information content (AvgIpc) is 1.95. The summed E-state index contributed by atoms with van der Waals surface area (Å²) in [6.45, 7) is 4.60. The van der Waals surface area contributed by atoms with E-state index in [2.05, 4.69) is 5.32 Å². The SMILES string of the molecule is CC1NCCSC1(C)C(=O)O. The number of hydrogen-bond acceptors (Lipinski definition) is 3. The highest BCUT2D eigenvalue weighted by Crippen LogP contribution is 2.31. The van der Waals surface area contributed by atoms with E-state index in [0.717, 1.165) is 12.3 Å². The first-order valence-corrected chi connectivity index (χ1v) is 4.66. The highest BCUT2D eigenvalue weighted by molar-refractivity contribution is 8.01. The van der Waals surface area contributed by atoms with Gasteiger partial charge in [-0.2, -0.15) is 0 Å². The zero-order chi connectivity index (χ0) is 8.48. The summed E-state index contributed by atoms with van der Waals surface area (Å²) < 4.78 is -0.641. The minimum Gasteiger partial charge on any atom is -0.480 e. The number of nitrogens with one attached hydrogen (secondary N) is 1. The third kappa shape index (κ3) is 1.51. The molecule has 11 heavy (non-hydrogen) atoms. The van der Waals surface area contributed by atoms with Gasteiger partial charge < -0.3 is 10.4 Å². The molecule has 1 aliphatic heterocycles. The predicted molar refractivity (Wildman–Crippen MR) is 46.0 cm³/mol. The van der Waals surface area contributed by atoms with E-state index < -0.39 is 10.7 Å². The van der Waals surface area contributed by atoms with Gasteiger partial charge in [0.15, 0.2) is 0 Å².